The van der Waals surface area contributed by atoms with Crippen LogP contribution in [0.1, 0.15) is 22.3 Å². The van der Waals surface area contributed by atoms with Crippen molar-refractivity contribution in [2.45, 2.75) is 27.7 Å². The number of hydrogen-bond donors (Lipinski definition) is 0. The summed E-state index contributed by atoms with van der Waals surface area (Å²) in [7, 11) is 0. The van der Waals surface area contributed by atoms with Gasteiger partial charge in [-0.3, -0.25) is 9.59 Å². The van der Waals surface area contributed by atoms with Gasteiger partial charge in [0, 0.05) is 43.0 Å². The Morgan fingerprint density at radius 2 is 0.833 bits per heavy atom. The molecule has 0 atom stereocenters. The number of halogens is 2. The van der Waals surface area contributed by atoms with Crippen LogP contribution in [0.4, 0.5) is 0 Å². The molecule has 0 N–H and O–H groups in total. The lowest BCUT2D eigenvalue weighted by Crippen LogP contribution is -2.16. The molecule has 0 aliphatic carbocycles. The lowest BCUT2D eigenvalue weighted by atomic mass is 9.98. The Morgan fingerprint density at radius 1 is 0.476 bits per heavy atom. The van der Waals surface area contributed by atoms with Gasteiger partial charge in [0.2, 0.25) is 0 Å². The van der Waals surface area contributed by atoms with E-state index in [1.807, 2.05) is 113 Å². The standard InChI is InChI=1S/C36H26Cl2N2O2/c1-19-13-21(3)33-31(15-19)39(25-9-5-23(37)6-10-25)29-17-28-30(18-27(29)35(33)41)40(26-11-7-24(38)8-12-26)32-16-20(2)14-22(4)34(32)36(28)42/h5-18H,1-4H3. The lowest BCUT2D eigenvalue weighted by molar-refractivity contribution is 1.14. The molecule has 0 fully saturated rings. The van der Waals surface area contributed by atoms with Gasteiger partial charge in [0.05, 0.1) is 22.1 Å². The van der Waals surface area contributed by atoms with Crippen LogP contribution in [0.5, 0.6) is 0 Å². The van der Waals surface area contributed by atoms with Gasteiger partial charge in [-0.15, -0.1) is 0 Å². The highest BCUT2D eigenvalue weighted by atomic mass is 35.5. The Balaban J connectivity index is 1.78. The number of benzene rings is 5. The highest BCUT2D eigenvalue weighted by molar-refractivity contribution is 6.31. The first kappa shape index (κ1) is 26.5. The SMILES string of the molecule is Cc1cc(C)c2c(=O)c3cc4c(cc3n(-c3ccc(Cl)cc3)c2c1)c(=O)c1c(C)cc(C)cc1n4-c1ccc(Cl)cc1. The monoisotopic (exact) mass is 588 g/mol. The summed E-state index contributed by atoms with van der Waals surface area (Å²) in [5.41, 5.74) is 8.36. The largest absolute Gasteiger partial charge is 0.309 e. The molecule has 6 heteroatoms. The molecule has 2 heterocycles. The summed E-state index contributed by atoms with van der Waals surface area (Å²) < 4.78 is 4.14. The van der Waals surface area contributed by atoms with Gasteiger partial charge in [-0.05, 0) is 123 Å². The number of aromatic nitrogens is 2. The minimum Gasteiger partial charge on any atom is -0.309 e. The zero-order valence-corrected chi connectivity index (χ0v) is 25.1. The van der Waals surface area contributed by atoms with Gasteiger partial charge in [-0.1, -0.05) is 35.3 Å². The number of fused-ring (bicyclic) bond motifs is 4. The molecule has 0 spiro atoms. The van der Waals surface area contributed by atoms with Crippen molar-refractivity contribution in [3.05, 3.63) is 138 Å². The van der Waals surface area contributed by atoms with Gasteiger partial charge in [0.15, 0.2) is 10.9 Å². The number of pyridine rings is 2. The van der Waals surface area contributed by atoms with E-state index in [9.17, 15) is 9.59 Å². The zero-order valence-electron chi connectivity index (χ0n) is 23.5. The van der Waals surface area contributed by atoms with E-state index in [0.29, 0.717) is 42.6 Å². The summed E-state index contributed by atoms with van der Waals surface area (Å²) >= 11 is 12.5. The molecule has 5 aromatic carbocycles. The van der Waals surface area contributed by atoms with E-state index in [4.69, 9.17) is 23.2 Å². The summed E-state index contributed by atoms with van der Waals surface area (Å²) in [4.78, 5) is 28.6. The third-order valence-corrected chi connectivity index (χ3v) is 8.61. The van der Waals surface area contributed by atoms with Crippen molar-refractivity contribution < 1.29 is 0 Å². The van der Waals surface area contributed by atoms with Crippen molar-refractivity contribution in [2.24, 2.45) is 0 Å². The Labute approximate surface area is 252 Å². The summed E-state index contributed by atoms with van der Waals surface area (Å²) in [5.74, 6) is 0. The first-order valence-corrected chi connectivity index (χ1v) is 14.5. The van der Waals surface area contributed by atoms with Crippen LogP contribution in [0, 0.1) is 27.7 Å². The maximum atomic E-state index is 14.3. The van der Waals surface area contributed by atoms with Crippen LogP contribution in [0.15, 0.2) is 94.5 Å². The zero-order chi connectivity index (χ0) is 29.4. The molecule has 0 aliphatic rings. The van der Waals surface area contributed by atoms with Crippen LogP contribution >= 0.6 is 23.2 Å². The van der Waals surface area contributed by atoms with Gasteiger partial charge in [0.1, 0.15) is 0 Å². The fourth-order valence-electron chi connectivity index (χ4n) is 6.41. The maximum Gasteiger partial charge on any atom is 0.197 e. The summed E-state index contributed by atoms with van der Waals surface area (Å²) in [6.07, 6.45) is 0. The highest BCUT2D eigenvalue weighted by Gasteiger charge is 2.20. The van der Waals surface area contributed by atoms with Gasteiger partial charge in [-0.2, -0.15) is 0 Å². The molecule has 0 bridgehead atoms. The van der Waals surface area contributed by atoms with Crippen molar-refractivity contribution in [3.8, 4) is 11.4 Å². The molecular formula is C36H26Cl2N2O2. The Hall–Kier alpha value is -4.38. The minimum atomic E-state index is -0.0692. The van der Waals surface area contributed by atoms with Crippen molar-refractivity contribution in [1.82, 2.24) is 9.13 Å². The van der Waals surface area contributed by atoms with Crippen molar-refractivity contribution in [2.75, 3.05) is 0 Å². The van der Waals surface area contributed by atoms with Crippen molar-refractivity contribution in [3.63, 3.8) is 0 Å². The lowest BCUT2D eigenvalue weighted by Gasteiger charge is -2.20. The van der Waals surface area contributed by atoms with E-state index >= 15 is 0 Å². The molecule has 0 amide bonds. The first-order valence-electron chi connectivity index (χ1n) is 13.7. The molecule has 2 aromatic heterocycles. The number of aryl methyl sites for hydroxylation is 4. The van der Waals surface area contributed by atoms with Crippen LogP contribution < -0.4 is 10.9 Å². The van der Waals surface area contributed by atoms with E-state index < -0.39 is 0 Å². The summed E-state index contributed by atoms with van der Waals surface area (Å²) in [5, 5.41) is 3.60. The quantitative estimate of drug-likeness (QED) is 0.189. The third kappa shape index (κ3) is 3.98. The highest BCUT2D eigenvalue weighted by Crippen LogP contribution is 2.33. The second-order valence-electron chi connectivity index (χ2n) is 11.1. The minimum absolute atomic E-state index is 0.0692. The summed E-state index contributed by atoms with van der Waals surface area (Å²) in [6, 6.07) is 27.0. The normalized spacial score (nSPS) is 11.8. The van der Waals surface area contributed by atoms with Crippen molar-refractivity contribution >= 4 is 66.8 Å². The molecule has 0 saturated carbocycles. The molecule has 7 aromatic rings. The topological polar surface area (TPSA) is 44.0 Å². The van der Waals surface area contributed by atoms with Gasteiger partial charge in [-0.25, -0.2) is 0 Å². The second-order valence-corrected chi connectivity index (χ2v) is 12.0. The molecule has 0 aliphatic heterocycles. The first-order chi connectivity index (χ1) is 20.1. The Bertz CT molecular complexity index is 2210. The maximum absolute atomic E-state index is 14.3. The van der Waals surface area contributed by atoms with Gasteiger partial charge in [0.25, 0.3) is 0 Å². The average Bonchev–Trinajstić information content (AvgIpc) is 2.94. The van der Waals surface area contributed by atoms with E-state index in [1.54, 1.807) is 0 Å². The van der Waals surface area contributed by atoms with Gasteiger partial charge >= 0.3 is 0 Å². The van der Waals surface area contributed by atoms with E-state index in [2.05, 4.69) is 9.13 Å². The van der Waals surface area contributed by atoms with Crippen molar-refractivity contribution in [1.29, 1.82) is 0 Å². The Morgan fingerprint density at radius 3 is 1.19 bits per heavy atom. The van der Waals surface area contributed by atoms with Crippen LogP contribution in [-0.2, 0) is 0 Å². The van der Waals surface area contributed by atoms with Crippen LogP contribution in [-0.4, -0.2) is 9.13 Å². The van der Waals surface area contributed by atoms with Gasteiger partial charge < -0.3 is 9.13 Å². The van der Waals surface area contributed by atoms with Crippen LogP contribution in [0.25, 0.3) is 55.0 Å². The average molecular weight is 590 g/mol. The fraction of sp³-hybridized carbons (Fsp3) is 0.111. The molecule has 0 radical (unpaired) electrons. The number of rotatable bonds is 2. The predicted octanol–water partition coefficient (Wildman–Crippen LogP) is 9.14. The molecule has 4 nitrogen and oxygen atoms in total. The smallest absolute Gasteiger partial charge is 0.197 e. The van der Waals surface area contributed by atoms with Crippen LogP contribution in [0.2, 0.25) is 10.0 Å². The fourth-order valence-corrected chi connectivity index (χ4v) is 6.66. The third-order valence-electron chi connectivity index (χ3n) is 8.11. The number of nitrogens with zero attached hydrogens (tertiary/aromatic N) is 2. The molecular weight excluding hydrogens is 563 g/mol. The number of hydrogen-bond acceptors (Lipinski definition) is 2. The van der Waals surface area contributed by atoms with Crippen LogP contribution in [0.3, 0.4) is 0 Å². The molecule has 0 unspecified atom stereocenters. The molecule has 7 rings (SSSR count). The Kier molecular flexibility index (Phi) is 6.05. The molecule has 206 valence electrons. The van der Waals surface area contributed by atoms with E-state index in [1.165, 1.54) is 0 Å². The second kappa shape index (κ2) is 9.59. The van der Waals surface area contributed by atoms with E-state index in [-0.39, 0.29) is 10.9 Å². The molecule has 42 heavy (non-hydrogen) atoms. The molecule has 0 saturated heterocycles. The summed E-state index contributed by atoms with van der Waals surface area (Å²) in [6.45, 7) is 7.99. The predicted molar refractivity (Wildman–Crippen MR) is 177 cm³/mol. The van der Waals surface area contributed by atoms with E-state index in [0.717, 1.165) is 44.7 Å².